The molecule has 5 unspecified atom stereocenters. The molecule has 50 heavy (non-hydrogen) atoms. The number of piperazine rings is 1. The van der Waals surface area contributed by atoms with Gasteiger partial charge < -0.3 is 25.0 Å². The summed E-state index contributed by atoms with van der Waals surface area (Å²) < 4.78 is 12.0. The van der Waals surface area contributed by atoms with Gasteiger partial charge in [0.1, 0.15) is 23.2 Å². The van der Waals surface area contributed by atoms with Gasteiger partial charge in [-0.3, -0.25) is 19.4 Å². The molecule has 0 radical (unpaired) electrons. The van der Waals surface area contributed by atoms with Crippen LogP contribution < -0.4 is 5.73 Å². The van der Waals surface area contributed by atoms with E-state index in [0.717, 1.165) is 69.0 Å². The Kier molecular flexibility index (Phi) is 9.81. The van der Waals surface area contributed by atoms with Crippen molar-refractivity contribution in [3.8, 4) is 6.07 Å². The summed E-state index contributed by atoms with van der Waals surface area (Å²) in [6.45, 7) is 14.1. The van der Waals surface area contributed by atoms with Crippen LogP contribution in [0.1, 0.15) is 76.6 Å². The van der Waals surface area contributed by atoms with Gasteiger partial charge in [-0.1, -0.05) is 45.0 Å². The molecule has 2 N–H and O–H groups in total. The van der Waals surface area contributed by atoms with Crippen molar-refractivity contribution in [1.29, 1.82) is 5.26 Å². The third-order valence-electron chi connectivity index (χ3n) is 11.2. The molecule has 5 aliphatic rings. The number of nitriles is 1. The highest BCUT2D eigenvalue weighted by atomic mass is 16.5. The lowest BCUT2D eigenvalue weighted by Crippen LogP contribution is -2.47. The highest BCUT2D eigenvalue weighted by Gasteiger charge is 2.53. The van der Waals surface area contributed by atoms with Crippen LogP contribution in [0.5, 0.6) is 0 Å². The van der Waals surface area contributed by atoms with Crippen molar-refractivity contribution in [2.75, 3.05) is 47.4 Å². The molecule has 2 saturated carbocycles. The number of fused-ring (bicyclic) bond motifs is 2. The Hall–Kier alpha value is -3.91. The summed E-state index contributed by atoms with van der Waals surface area (Å²) >= 11 is 0. The lowest BCUT2D eigenvalue weighted by Gasteiger charge is -2.38. The molecule has 1 aromatic rings. The van der Waals surface area contributed by atoms with Crippen LogP contribution in [0.25, 0.3) is 0 Å². The van der Waals surface area contributed by atoms with Crippen LogP contribution in [0.15, 0.2) is 64.8 Å². The number of rotatable bonds is 9. The van der Waals surface area contributed by atoms with Crippen molar-refractivity contribution in [3.63, 3.8) is 0 Å². The summed E-state index contributed by atoms with van der Waals surface area (Å²) in [7, 11) is 5.24. The minimum atomic E-state index is -0.541. The number of hydrogen-bond donors (Lipinski definition) is 1. The molecule has 2 heterocycles. The van der Waals surface area contributed by atoms with E-state index in [1.54, 1.807) is 39.2 Å². The van der Waals surface area contributed by atoms with Crippen molar-refractivity contribution in [3.05, 3.63) is 81.5 Å². The molecular weight excluding hydrogens is 628 g/mol. The first-order chi connectivity index (χ1) is 23.7. The topological polar surface area (TPSA) is 115 Å². The smallest absolute Gasteiger partial charge is 0.264 e. The van der Waals surface area contributed by atoms with Crippen molar-refractivity contribution in [1.82, 2.24) is 19.6 Å². The van der Waals surface area contributed by atoms with E-state index in [0.29, 0.717) is 18.6 Å². The predicted molar refractivity (Wildman–Crippen MR) is 193 cm³/mol. The maximum atomic E-state index is 13.4. The lowest BCUT2D eigenvalue weighted by molar-refractivity contribution is -0.129. The van der Waals surface area contributed by atoms with Gasteiger partial charge in [0.2, 0.25) is 5.91 Å². The van der Waals surface area contributed by atoms with Crippen LogP contribution in [-0.2, 0) is 32.0 Å². The molecule has 5 atom stereocenters. The molecule has 1 aromatic carbocycles. The van der Waals surface area contributed by atoms with Crippen LogP contribution >= 0.6 is 0 Å². The largest absolute Gasteiger partial charge is 0.501 e. The van der Waals surface area contributed by atoms with Gasteiger partial charge in [0, 0.05) is 75.5 Å². The number of ether oxygens (including phenoxy) is 2. The fourth-order valence-corrected chi connectivity index (χ4v) is 8.33. The molecule has 0 bridgehead atoms. The minimum Gasteiger partial charge on any atom is -0.501 e. The zero-order chi connectivity index (χ0) is 36.1. The Morgan fingerprint density at radius 2 is 1.82 bits per heavy atom. The molecular formula is C40H54N6O4. The van der Waals surface area contributed by atoms with E-state index in [2.05, 4.69) is 47.1 Å². The standard InChI is InChI=1S/C40H54N6O4/c1-25(42)37(47)43(6)23-29-18-40(29)19-35(49-7)32(36(20-40)50-8)24-45-15-14-44(33-16-34(33)45)22-27-10-9-11-30-26(2)46(13-12-31(27)30)38(48)28(21-41)17-39(3,4)5/h9-11,17,19,23,25-26,33-34H,12-16,18,20,22,24,42H2,1-8H3/b28-17+,29-23+. The van der Waals surface area contributed by atoms with Gasteiger partial charge in [0.05, 0.1) is 26.3 Å². The number of nitrogens with two attached hydrogens (primary N) is 1. The van der Waals surface area contributed by atoms with Crippen molar-refractivity contribution in [2.24, 2.45) is 16.6 Å². The van der Waals surface area contributed by atoms with Gasteiger partial charge in [-0.25, -0.2) is 0 Å². The molecule has 10 heteroatoms. The summed E-state index contributed by atoms with van der Waals surface area (Å²) in [5.41, 5.74) is 11.8. The van der Waals surface area contributed by atoms with Crippen molar-refractivity contribution in [2.45, 2.75) is 91.0 Å². The van der Waals surface area contributed by atoms with Crippen molar-refractivity contribution >= 4 is 11.8 Å². The maximum Gasteiger partial charge on any atom is 0.264 e. The molecule has 2 amide bonds. The van der Waals surface area contributed by atoms with E-state index in [-0.39, 0.29) is 34.3 Å². The minimum absolute atomic E-state index is 0.0883. The summed E-state index contributed by atoms with van der Waals surface area (Å²) in [5, 5.41) is 9.77. The average Bonchev–Trinajstić information content (AvgIpc) is 4.01. The molecule has 1 spiro atoms. The van der Waals surface area contributed by atoms with Crippen molar-refractivity contribution < 1.29 is 19.1 Å². The fourth-order valence-electron chi connectivity index (χ4n) is 8.33. The van der Waals surface area contributed by atoms with E-state index < -0.39 is 6.04 Å². The normalized spacial score (nSPS) is 28.0. The summed E-state index contributed by atoms with van der Waals surface area (Å²) in [6.07, 6.45) is 9.52. The summed E-state index contributed by atoms with van der Waals surface area (Å²) in [6, 6.07) is 9.05. The molecule has 3 aliphatic carbocycles. The number of likely N-dealkylation sites (N-methyl/N-ethyl adjacent to an activating group) is 1. The monoisotopic (exact) mass is 682 g/mol. The van der Waals surface area contributed by atoms with Gasteiger partial charge >= 0.3 is 0 Å². The zero-order valence-corrected chi connectivity index (χ0v) is 31.1. The highest BCUT2D eigenvalue weighted by molar-refractivity contribution is 5.97. The molecule has 268 valence electrons. The fraction of sp³-hybridized carbons (Fsp3) is 0.575. The summed E-state index contributed by atoms with van der Waals surface area (Å²) in [5.74, 6) is 1.55. The zero-order valence-electron chi connectivity index (χ0n) is 31.1. The van der Waals surface area contributed by atoms with Gasteiger partial charge in [0.15, 0.2) is 0 Å². The molecule has 1 saturated heterocycles. The third-order valence-corrected chi connectivity index (χ3v) is 11.2. The van der Waals surface area contributed by atoms with Crippen LogP contribution in [-0.4, -0.2) is 97.0 Å². The van der Waals surface area contributed by atoms with Gasteiger partial charge in [-0.2, -0.15) is 5.26 Å². The SMILES string of the molecule is COC1=CC2(CC(OC)=C1CN1CCN(Cc3cccc4c3CCN(C(=O)/C(C#N)=C/C(C)(C)C)C4C)C3CC31)C/C2=C\N(C)C(=O)C(C)N. The third kappa shape index (κ3) is 7.01. The van der Waals surface area contributed by atoms with E-state index >= 15 is 0 Å². The molecule has 0 aromatic heterocycles. The van der Waals surface area contributed by atoms with E-state index in [1.807, 2.05) is 31.9 Å². The Morgan fingerprint density at radius 1 is 1.12 bits per heavy atom. The number of amides is 2. The Bertz CT molecular complexity index is 1710. The first-order valence-corrected chi connectivity index (χ1v) is 18.0. The van der Waals surface area contributed by atoms with Crippen LogP contribution in [0.3, 0.4) is 0 Å². The maximum absolute atomic E-state index is 13.4. The Labute approximate surface area is 297 Å². The average molecular weight is 683 g/mol. The Morgan fingerprint density at radius 3 is 2.44 bits per heavy atom. The number of nitrogens with zero attached hydrogens (tertiary/aromatic N) is 5. The highest BCUT2D eigenvalue weighted by Crippen LogP contribution is 2.60. The van der Waals surface area contributed by atoms with E-state index in [9.17, 15) is 14.9 Å². The summed E-state index contributed by atoms with van der Waals surface area (Å²) in [4.78, 5) is 34.5. The second-order valence-electron chi connectivity index (χ2n) is 16.0. The molecule has 3 fully saturated rings. The number of hydrogen-bond acceptors (Lipinski definition) is 8. The first-order valence-electron chi connectivity index (χ1n) is 18.0. The second kappa shape index (κ2) is 13.7. The van der Waals surface area contributed by atoms with Gasteiger partial charge in [-0.05, 0) is 66.9 Å². The van der Waals surface area contributed by atoms with Crippen LogP contribution in [0.2, 0.25) is 0 Å². The molecule has 2 aliphatic heterocycles. The number of allylic oxidation sites excluding steroid dienone is 4. The van der Waals surface area contributed by atoms with Crippen LogP contribution in [0.4, 0.5) is 0 Å². The number of carbonyl (C=O) groups excluding carboxylic acids is 2. The van der Waals surface area contributed by atoms with Crippen LogP contribution in [0, 0.1) is 22.2 Å². The van der Waals surface area contributed by atoms with E-state index in [4.69, 9.17) is 15.2 Å². The lowest BCUT2D eigenvalue weighted by atomic mass is 9.88. The molecule has 10 nitrogen and oxygen atoms in total. The number of methoxy groups -OCH3 is 2. The first kappa shape index (κ1) is 35.9. The van der Waals surface area contributed by atoms with Gasteiger partial charge in [-0.15, -0.1) is 0 Å². The molecule has 6 rings (SSSR count). The Balaban J connectivity index is 1.11. The quantitative estimate of drug-likeness (QED) is 0.292. The van der Waals surface area contributed by atoms with Gasteiger partial charge in [0.25, 0.3) is 5.91 Å². The predicted octanol–water partition coefficient (Wildman–Crippen LogP) is 4.80. The number of benzene rings is 1. The number of carbonyl (C=O) groups is 2. The van der Waals surface area contributed by atoms with E-state index in [1.165, 1.54) is 22.3 Å². The second-order valence-corrected chi connectivity index (χ2v) is 16.0.